The van der Waals surface area contributed by atoms with Gasteiger partial charge in [-0.15, -0.1) is 0 Å². The predicted molar refractivity (Wildman–Crippen MR) is 49.5 cm³/mol. The Hall–Kier alpha value is -0.340. The molecule has 1 N–H and O–H groups in total. The van der Waals surface area contributed by atoms with Gasteiger partial charge >= 0.3 is 0 Å². The number of hydrogen-bond acceptors (Lipinski definition) is 1. The number of benzene rings is 1. The highest BCUT2D eigenvalue weighted by Gasteiger charge is 2.04. The van der Waals surface area contributed by atoms with Crippen LogP contribution >= 0.6 is 15.9 Å². The van der Waals surface area contributed by atoms with Crippen LogP contribution in [0.4, 0.5) is 0 Å². The summed E-state index contributed by atoms with van der Waals surface area (Å²) in [5, 5.41) is 9.27. The SMILES string of the molecule is Cc1ccc([C@H](C)O)c(Br)c1. The molecule has 0 aliphatic heterocycles. The first-order chi connectivity index (χ1) is 5.11. The molecule has 0 aliphatic carbocycles. The minimum atomic E-state index is -0.398. The molecule has 0 saturated heterocycles. The van der Waals surface area contributed by atoms with E-state index in [0.29, 0.717) is 0 Å². The Morgan fingerprint density at radius 1 is 1.45 bits per heavy atom. The summed E-state index contributed by atoms with van der Waals surface area (Å²) in [6.07, 6.45) is -0.398. The Morgan fingerprint density at radius 3 is 2.55 bits per heavy atom. The summed E-state index contributed by atoms with van der Waals surface area (Å²) < 4.78 is 0.979. The molecule has 0 fully saturated rings. The molecule has 1 aromatic rings. The molecular formula is C9H11BrO. The first kappa shape index (κ1) is 8.75. The lowest BCUT2D eigenvalue weighted by atomic mass is 10.1. The van der Waals surface area contributed by atoms with Crippen molar-refractivity contribution in [3.8, 4) is 0 Å². The molecule has 0 saturated carbocycles. The van der Waals surface area contributed by atoms with E-state index in [0.717, 1.165) is 10.0 Å². The summed E-state index contributed by atoms with van der Waals surface area (Å²) in [7, 11) is 0. The van der Waals surface area contributed by atoms with Gasteiger partial charge in [-0.05, 0) is 31.0 Å². The lowest BCUT2D eigenvalue weighted by molar-refractivity contribution is 0.198. The van der Waals surface area contributed by atoms with E-state index < -0.39 is 6.10 Å². The van der Waals surface area contributed by atoms with E-state index in [4.69, 9.17) is 0 Å². The van der Waals surface area contributed by atoms with E-state index in [1.165, 1.54) is 5.56 Å². The molecule has 60 valence electrons. The Kier molecular flexibility index (Phi) is 2.68. The van der Waals surface area contributed by atoms with Crippen molar-refractivity contribution < 1.29 is 5.11 Å². The van der Waals surface area contributed by atoms with Gasteiger partial charge in [-0.3, -0.25) is 0 Å². The summed E-state index contributed by atoms with van der Waals surface area (Å²) >= 11 is 3.39. The van der Waals surface area contributed by atoms with Crippen molar-refractivity contribution in [1.29, 1.82) is 0 Å². The summed E-state index contributed by atoms with van der Waals surface area (Å²) in [6.45, 7) is 3.78. The number of hydrogen-bond donors (Lipinski definition) is 1. The van der Waals surface area contributed by atoms with Crippen LogP contribution in [0.15, 0.2) is 22.7 Å². The van der Waals surface area contributed by atoms with Gasteiger partial charge in [0.05, 0.1) is 6.10 Å². The molecule has 0 aromatic heterocycles. The van der Waals surface area contributed by atoms with Gasteiger partial charge in [0.15, 0.2) is 0 Å². The lowest BCUT2D eigenvalue weighted by Gasteiger charge is -2.07. The van der Waals surface area contributed by atoms with Crippen LogP contribution in [0.5, 0.6) is 0 Å². The maximum absolute atomic E-state index is 9.27. The highest BCUT2D eigenvalue weighted by molar-refractivity contribution is 9.10. The number of halogens is 1. The number of aryl methyl sites for hydroxylation is 1. The molecule has 0 unspecified atom stereocenters. The lowest BCUT2D eigenvalue weighted by Crippen LogP contribution is -1.92. The van der Waals surface area contributed by atoms with Crippen LogP contribution in [0.2, 0.25) is 0 Å². The topological polar surface area (TPSA) is 20.2 Å². The second kappa shape index (κ2) is 3.37. The van der Waals surface area contributed by atoms with Crippen molar-refractivity contribution in [1.82, 2.24) is 0 Å². The van der Waals surface area contributed by atoms with Gasteiger partial charge in [0.1, 0.15) is 0 Å². The average Bonchev–Trinajstić information content (AvgIpc) is 1.85. The van der Waals surface area contributed by atoms with Crippen LogP contribution in [-0.2, 0) is 0 Å². The quantitative estimate of drug-likeness (QED) is 0.763. The van der Waals surface area contributed by atoms with Crippen LogP contribution in [0.1, 0.15) is 24.2 Å². The van der Waals surface area contributed by atoms with Crippen LogP contribution in [0.3, 0.4) is 0 Å². The number of aliphatic hydroxyl groups is 1. The van der Waals surface area contributed by atoms with Gasteiger partial charge in [0.2, 0.25) is 0 Å². The maximum atomic E-state index is 9.27. The summed E-state index contributed by atoms with van der Waals surface area (Å²) in [5.74, 6) is 0. The van der Waals surface area contributed by atoms with Crippen LogP contribution < -0.4 is 0 Å². The van der Waals surface area contributed by atoms with E-state index in [1.807, 2.05) is 25.1 Å². The fraction of sp³-hybridized carbons (Fsp3) is 0.333. The van der Waals surface area contributed by atoms with Crippen molar-refractivity contribution in [2.24, 2.45) is 0 Å². The fourth-order valence-corrected chi connectivity index (χ4v) is 1.80. The predicted octanol–water partition coefficient (Wildman–Crippen LogP) is 2.81. The van der Waals surface area contributed by atoms with Gasteiger partial charge in [-0.1, -0.05) is 28.1 Å². The number of aliphatic hydroxyl groups excluding tert-OH is 1. The highest BCUT2D eigenvalue weighted by Crippen LogP contribution is 2.23. The normalized spacial score (nSPS) is 13.1. The monoisotopic (exact) mass is 214 g/mol. The molecule has 1 atom stereocenters. The van der Waals surface area contributed by atoms with Crippen molar-refractivity contribution in [3.63, 3.8) is 0 Å². The highest BCUT2D eigenvalue weighted by atomic mass is 79.9. The average molecular weight is 215 g/mol. The van der Waals surface area contributed by atoms with Gasteiger partial charge in [0.25, 0.3) is 0 Å². The van der Waals surface area contributed by atoms with Crippen molar-refractivity contribution in [2.45, 2.75) is 20.0 Å². The molecule has 2 heteroatoms. The zero-order valence-electron chi connectivity index (χ0n) is 6.63. The fourth-order valence-electron chi connectivity index (χ4n) is 0.971. The first-order valence-corrected chi connectivity index (χ1v) is 4.34. The zero-order valence-corrected chi connectivity index (χ0v) is 8.22. The van der Waals surface area contributed by atoms with Crippen molar-refractivity contribution in [3.05, 3.63) is 33.8 Å². The minimum absolute atomic E-state index is 0.398. The number of rotatable bonds is 1. The van der Waals surface area contributed by atoms with Crippen LogP contribution in [0.25, 0.3) is 0 Å². The van der Waals surface area contributed by atoms with E-state index in [-0.39, 0.29) is 0 Å². The van der Waals surface area contributed by atoms with E-state index in [9.17, 15) is 5.11 Å². The Labute approximate surface area is 75.2 Å². The van der Waals surface area contributed by atoms with Crippen LogP contribution in [-0.4, -0.2) is 5.11 Å². The molecule has 1 nitrogen and oxygen atoms in total. The zero-order chi connectivity index (χ0) is 8.43. The largest absolute Gasteiger partial charge is 0.389 e. The molecule has 11 heavy (non-hydrogen) atoms. The van der Waals surface area contributed by atoms with Crippen molar-refractivity contribution in [2.75, 3.05) is 0 Å². The first-order valence-electron chi connectivity index (χ1n) is 3.55. The van der Waals surface area contributed by atoms with Crippen molar-refractivity contribution >= 4 is 15.9 Å². The Balaban J connectivity index is 3.09. The smallest absolute Gasteiger partial charge is 0.0772 e. The summed E-state index contributed by atoms with van der Waals surface area (Å²) in [4.78, 5) is 0. The molecule has 0 bridgehead atoms. The summed E-state index contributed by atoms with van der Waals surface area (Å²) in [5.41, 5.74) is 2.14. The van der Waals surface area contributed by atoms with Crippen LogP contribution in [0, 0.1) is 6.92 Å². The van der Waals surface area contributed by atoms with Gasteiger partial charge in [-0.25, -0.2) is 0 Å². The molecule has 0 radical (unpaired) electrons. The Bertz CT molecular complexity index is 256. The molecule has 1 aromatic carbocycles. The molecular weight excluding hydrogens is 204 g/mol. The second-order valence-electron chi connectivity index (χ2n) is 2.70. The van der Waals surface area contributed by atoms with E-state index in [1.54, 1.807) is 6.92 Å². The summed E-state index contributed by atoms with van der Waals surface area (Å²) in [6, 6.07) is 5.93. The van der Waals surface area contributed by atoms with Gasteiger partial charge in [-0.2, -0.15) is 0 Å². The Morgan fingerprint density at radius 2 is 2.09 bits per heavy atom. The third-order valence-electron chi connectivity index (χ3n) is 1.61. The molecule has 0 heterocycles. The maximum Gasteiger partial charge on any atom is 0.0772 e. The third-order valence-corrected chi connectivity index (χ3v) is 2.29. The minimum Gasteiger partial charge on any atom is -0.389 e. The molecule has 0 spiro atoms. The standard InChI is InChI=1S/C9H11BrO/c1-6-3-4-8(7(2)11)9(10)5-6/h3-5,7,11H,1-2H3/t7-/m0/s1. The molecule has 0 amide bonds. The second-order valence-corrected chi connectivity index (χ2v) is 3.56. The van der Waals surface area contributed by atoms with E-state index in [2.05, 4.69) is 15.9 Å². The molecule has 0 aliphatic rings. The molecule has 1 rings (SSSR count). The third kappa shape index (κ3) is 2.04. The van der Waals surface area contributed by atoms with E-state index >= 15 is 0 Å². The van der Waals surface area contributed by atoms with Gasteiger partial charge < -0.3 is 5.11 Å². The van der Waals surface area contributed by atoms with Gasteiger partial charge in [0, 0.05) is 4.47 Å².